The lowest BCUT2D eigenvalue weighted by atomic mass is 9.76. The molecule has 33 heavy (non-hydrogen) atoms. The van der Waals surface area contributed by atoms with Gasteiger partial charge in [-0.25, -0.2) is 0 Å². The fourth-order valence-electron chi connectivity index (χ4n) is 4.89. The number of hydrogen-bond acceptors (Lipinski definition) is 4. The highest BCUT2D eigenvalue weighted by Crippen LogP contribution is 2.44. The Kier molecular flexibility index (Phi) is 5.66. The minimum absolute atomic E-state index is 0.0718. The van der Waals surface area contributed by atoms with E-state index in [9.17, 15) is 9.90 Å². The van der Waals surface area contributed by atoms with Crippen molar-refractivity contribution in [1.29, 1.82) is 0 Å². The Hall–Kier alpha value is -3.19. The van der Waals surface area contributed by atoms with Crippen LogP contribution in [-0.2, 0) is 7.05 Å². The van der Waals surface area contributed by atoms with E-state index in [1.165, 1.54) is 12.8 Å². The second-order valence-electron chi connectivity index (χ2n) is 9.61. The smallest absolute Gasteiger partial charge is 0.279 e. The number of para-hydroxylation sites is 1. The summed E-state index contributed by atoms with van der Waals surface area (Å²) in [6.07, 6.45) is 9.77. The number of aliphatic hydroxyl groups is 1. The molecule has 2 N–H and O–H groups in total. The quantitative estimate of drug-likeness (QED) is 0.481. The Balaban J connectivity index is 0.000000174. The highest BCUT2D eigenvalue weighted by molar-refractivity contribution is 5.87. The highest BCUT2D eigenvalue weighted by Gasteiger charge is 2.30. The van der Waals surface area contributed by atoms with Crippen molar-refractivity contribution >= 4 is 10.9 Å². The van der Waals surface area contributed by atoms with Crippen molar-refractivity contribution in [3.05, 3.63) is 76.4 Å². The van der Waals surface area contributed by atoms with Gasteiger partial charge in [0.05, 0.1) is 6.10 Å². The maximum Gasteiger partial charge on any atom is 0.279 e. The normalized spacial score (nSPS) is 20.7. The number of aromatic amines is 1. The lowest BCUT2D eigenvalue weighted by molar-refractivity contribution is 0.201. The van der Waals surface area contributed by atoms with Crippen LogP contribution in [0.15, 0.2) is 53.8 Å². The summed E-state index contributed by atoms with van der Waals surface area (Å²) < 4.78 is 3.73. The van der Waals surface area contributed by atoms with Gasteiger partial charge in [-0.1, -0.05) is 25.1 Å². The van der Waals surface area contributed by atoms with E-state index in [1.807, 2.05) is 48.1 Å². The number of fused-ring (bicyclic) bond motifs is 1. The van der Waals surface area contributed by atoms with Crippen LogP contribution in [0.4, 0.5) is 0 Å². The minimum Gasteiger partial charge on any atom is -0.389 e. The van der Waals surface area contributed by atoms with Gasteiger partial charge < -0.3 is 14.7 Å². The van der Waals surface area contributed by atoms with E-state index < -0.39 is 6.10 Å². The summed E-state index contributed by atoms with van der Waals surface area (Å²) in [6.45, 7) is 4.02. The van der Waals surface area contributed by atoms with Crippen molar-refractivity contribution in [2.24, 2.45) is 13.0 Å². The summed E-state index contributed by atoms with van der Waals surface area (Å²) in [5, 5.41) is 18.8. The number of rotatable bonds is 4. The van der Waals surface area contributed by atoms with Crippen molar-refractivity contribution < 1.29 is 5.11 Å². The first-order chi connectivity index (χ1) is 15.9. The lowest BCUT2D eigenvalue weighted by Crippen LogP contribution is -2.21. The van der Waals surface area contributed by atoms with Gasteiger partial charge in [-0.15, -0.1) is 10.2 Å². The third-order valence-corrected chi connectivity index (χ3v) is 6.89. The number of benzene rings is 1. The average Bonchev–Trinajstić information content (AvgIpc) is 3.38. The summed E-state index contributed by atoms with van der Waals surface area (Å²) >= 11 is 0. The van der Waals surface area contributed by atoms with E-state index in [-0.39, 0.29) is 5.56 Å². The van der Waals surface area contributed by atoms with Gasteiger partial charge in [0.2, 0.25) is 0 Å². The molecule has 2 aliphatic carbocycles. The topological polar surface area (TPSA) is 88.7 Å². The molecule has 172 valence electrons. The molecule has 0 bridgehead atoms. The number of aromatic nitrogens is 5. The van der Waals surface area contributed by atoms with Gasteiger partial charge >= 0.3 is 0 Å². The number of hydrogen-bond donors (Lipinski definition) is 2. The molecule has 0 saturated heterocycles. The van der Waals surface area contributed by atoms with Crippen LogP contribution in [0.5, 0.6) is 0 Å². The van der Waals surface area contributed by atoms with Gasteiger partial charge in [0.15, 0.2) is 0 Å². The number of pyridine rings is 1. The molecule has 6 rings (SSSR count). The van der Waals surface area contributed by atoms with E-state index >= 15 is 0 Å². The van der Waals surface area contributed by atoms with Crippen molar-refractivity contribution in [2.45, 2.75) is 57.5 Å². The molecule has 0 radical (unpaired) electrons. The van der Waals surface area contributed by atoms with E-state index in [1.54, 1.807) is 24.0 Å². The number of aliphatic hydroxyl groups excluding tert-OH is 1. The molecular weight excluding hydrogens is 414 g/mol. The Morgan fingerprint density at radius 2 is 1.88 bits per heavy atom. The number of nitrogens with zero attached hydrogens (tertiary/aromatic N) is 4. The van der Waals surface area contributed by atoms with Gasteiger partial charge in [-0.3, -0.25) is 9.36 Å². The highest BCUT2D eigenvalue weighted by atomic mass is 16.3. The third-order valence-electron chi connectivity index (χ3n) is 6.89. The van der Waals surface area contributed by atoms with Crippen molar-refractivity contribution in [2.75, 3.05) is 0 Å². The maximum atomic E-state index is 12.8. The Morgan fingerprint density at radius 1 is 1.15 bits per heavy atom. The predicted molar refractivity (Wildman–Crippen MR) is 129 cm³/mol. The molecule has 1 atom stereocenters. The number of nitrogens with one attached hydrogen (secondary N) is 1. The van der Waals surface area contributed by atoms with E-state index in [0.717, 1.165) is 46.8 Å². The van der Waals surface area contributed by atoms with Crippen LogP contribution in [0.1, 0.15) is 74.4 Å². The van der Waals surface area contributed by atoms with Crippen LogP contribution in [0.3, 0.4) is 0 Å². The van der Waals surface area contributed by atoms with Crippen LogP contribution >= 0.6 is 0 Å². The van der Waals surface area contributed by atoms with E-state index in [0.29, 0.717) is 17.4 Å². The van der Waals surface area contributed by atoms with Crippen LogP contribution < -0.4 is 5.56 Å². The lowest BCUT2D eigenvalue weighted by Gasteiger charge is -2.31. The van der Waals surface area contributed by atoms with Crippen molar-refractivity contribution in [3.8, 4) is 5.69 Å². The first-order valence-corrected chi connectivity index (χ1v) is 11.8. The van der Waals surface area contributed by atoms with Gasteiger partial charge in [0, 0.05) is 42.0 Å². The fourth-order valence-corrected chi connectivity index (χ4v) is 4.89. The summed E-state index contributed by atoms with van der Waals surface area (Å²) in [4.78, 5) is 15.9. The SMILES string of the molecule is CC(O)c1c[nH]c2c(=O)n(-c3ccccc3)cc(C3CC3)c12.CC1CC(c2nncn2C)C1. The van der Waals surface area contributed by atoms with Crippen LogP contribution in [-0.4, -0.2) is 29.4 Å². The zero-order valence-corrected chi connectivity index (χ0v) is 19.4. The standard InChI is InChI=1S/C18H18N2O2.C8H13N3/c1-11(21)14-9-19-17-16(14)15(12-7-8-12)10-20(18(17)22)13-5-3-2-4-6-13;1-6-3-7(4-6)8-10-9-5-11(8)2/h2-6,9-12,19,21H,7-8H2,1H3;5-7H,3-4H2,1-2H3. The van der Waals surface area contributed by atoms with E-state index in [2.05, 4.69) is 22.1 Å². The van der Waals surface area contributed by atoms with Crippen molar-refractivity contribution in [3.63, 3.8) is 0 Å². The summed E-state index contributed by atoms with van der Waals surface area (Å²) in [6, 6.07) is 9.66. The molecule has 2 saturated carbocycles. The maximum absolute atomic E-state index is 12.8. The summed E-state index contributed by atoms with van der Waals surface area (Å²) in [5.74, 6) is 3.21. The van der Waals surface area contributed by atoms with Gasteiger partial charge in [0.1, 0.15) is 17.7 Å². The molecule has 2 fully saturated rings. The van der Waals surface area contributed by atoms with Crippen LogP contribution in [0.25, 0.3) is 16.6 Å². The predicted octanol–water partition coefficient (Wildman–Crippen LogP) is 4.58. The first-order valence-electron chi connectivity index (χ1n) is 11.8. The number of aryl methyl sites for hydroxylation is 1. The molecule has 7 nitrogen and oxygen atoms in total. The first kappa shape index (κ1) is 21.6. The van der Waals surface area contributed by atoms with E-state index in [4.69, 9.17) is 0 Å². The number of H-pyrrole nitrogens is 1. The molecule has 0 amide bonds. The van der Waals surface area contributed by atoms with Crippen LogP contribution in [0.2, 0.25) is 0 Å². The molecule has 0 aliphatic heterocycles. The van der Waals surface area contributed by atoms with Crippen LogP contribution in [0, 0.1) is 5.92 Å². The van der Waals surface area contributed by atoms with Gasteiger partial charge in [-0.2, -0.15) is 0 Å². The average molecular weight is 446 g/mol. The Morgan fingerprint density at radius 3 is 2.45 bits per heavy atom. The Labute approximate surface area is 193 Å². The van der Waals surface area contributed by atoms with Gasteiger partial charge in [-0.05, 0) is 62.1 Å². The second-order valence-corrected chi connectivity index (χ2v) is 9.61. The molecule has 7 heteroatoms. The monoisotopic (exact) mass is 445 g/mol. The summed E-state index contributed by atoms with van der Waals surface area (Å²) in [5.41, 5.74) is 3.36. The van der Waals surface area contributed by atoms with Gasteiger partial charge in [0.25, 0.3) is 5.56 Å². The molecule has 1 aromatic carbocycles. The fraction of sp³-hybridized carbons (Fsp3) is 0.423. The molecule has 0 spiro atoms. The zero-order chi connectivity index (χ0) is 23.1. The second kappa shape index (κ2) is 8.63. The molecule has 2 aliphatic rings. The minimum atomic E-state index is -0.585. The molecular formula is C26H31N5O2. The largest absolute Gasteiger partial charge is 0.389 e. The summed E-state index contributed by atoms with van der Waals surface area (Å²) in [7, 11) is 2.01. The molecule has 3 aromatic heterocycles. The Bertz CT molecular complexity index is 1310. The zero-order valence-electron chi connectivity index (χ0n) is 19.4. The molecule has 3 heterocycles. The third kappa shape index (κ3) is 4.13. The molecule has 1 unspecified atom stereocenters. The van der Waals surface area contributed by atoms with Crippen molar-refractivity contribution in [1.82, 2.24) is 24.3 Å². The molecule has 4 aromatic rings.